The molecule has 0 spiro atoms. The third-order valence-electron chi connectivity index (χ3n) is 3.77. The number of ether oxygens (including phenoxy) is 1. The van der Waals surface area contributed by atoms with Crippen molar-refractivity contribution in [2.75, 3.05) is 14.2 Å². The summed E-state index contributed by atoms with van der Waals surface area (Å²) in [5, 5.41) is 3.28. The van der Waals surface area contributed by atoms with Gasteiger partial charge in [-0.1, -0.05) is 51.5 Å². The molecule has 0 saturated heterocycles. The standard InChI is InChI=1S/C17H28FNO/c1-4-5-6-7-8-9-10-16(19-2)14-11-12-17(20-3)15(18)13-14/h11-13,16,19H,4-10H2,1-3H3. The third-order valence-corrected chi connectivity index (χ3v) is 3.77. The van der Waals surface area contributed by atoms with Crippen molar-refractivity contribution in [3.05, 3.63) is 29.6 Å². The van der Waals surface area contributed by atoms with Gasteiger partial charge in [0.05, 0.1) is 7.11 Å². The van der Waals surface area contributed by atoms with E-state index in [0.717, 1.165) is 12.0 Å². The molecular weight excluding hydrogens is 253 g/mol. The molecule has 0 aliphatic heterocycles. The molecule has 0 aliphatic rings. The Morgan fingerprint density at radius 2 is 1.85 bits per heavy atom. The molecule has 1 aromatic carbocycles. The van der Waals surface area contributed by atoms with E-state index in [1.165, 1.54) is 45.6 Å². The first-order valence-electron chi connectivity index (χ1n) is 7.73. The summed E-state index contributed by atoms with van der Waals surface area (Å²) < 4.78 is 18.7. The minimum atomic E-state index is -0.284. The normalized spacial score (nSPS) is 12.4. The van der Waals surface area contributed by atoms with Gasteiger partial charge < -0.3 is 10.1 Å². The maximum Gasteiger partial charge on any atom is 0.165 e. The third kappa shape index (κ3) is 5.49. The number of rotatable bonds is 10. The molecule has 0 saturated carbocycles. The highest BCUT2D eigenvalue weighted by Gasteiger charge is 2.11. The van der Waals surface area contributed by atoms with E-state index in [-0.39, 0.29) is 11.9 Å². The van der Waals surface area contributed by atoms with Gasteiger partial charge in [-0.2, -0.15) is 0 Å². The highest BCUT2D eigenvalue weighted by atomic mass is 19.1. The van der Waals surface area contributed by atoms with Crippen LogP contribution in [0.5, 0.6) is 5.75 Å². The van der Waals surface area contributed by atoms with Crippen LogP contribution < -0.4 is 10.1 Å². The van der Waals surface area contributed by atoms with Crippen molar-refractivity contribution >= 4 is 0 Å². The quantitative estimate of drug-likeness (QED) is 0.619. The van der Waals surface area contributed by atoms with E-state index < -0.39 is 0 Å². The topological polar surface area (TPSA) is 21.3 Å². The van der Waals surface area contributed by atoms with Gasteiger partial charge in [-0.25, -0.2) is 4.39 Å². The predicted octanol–water partition coefficient (Wildman–Crippen LogP) is 4.85. The van der Waals surface area contributed by atoms with Crippen molar-refractivity contribution in [3.63, 3.8) is 0 Å². The van der Waals surface area contributed by atoms with Gasteiger partial charge in [-0.05, 0) is 31.2 Å². The van der Waals surface area contributed by atoms with Crippen LogP contribution in [0, 0.1) is 5.82 Å². The molecule has 0 amide bonds. The largest absolute Gasteiger partial charge is 0.494 e. The molecule has 0 aliphatic carbocycles. The molecule has 2 nitrogen and oxygen atoms in total. The summed E-state index contributed by atoms with van der Waals surface area (Å²) >= 11 is 0. The zero-order chi connectivity index (χ0) is 14.8. The van der Waals surface area contributed by atoms with E-state index in [1.54, 1.807) is 12.1 Å². The molecule has 1 rings (SSSR count). The SMILES string of the molecule is CCCCCCCCC(NC)c1ccc(OC)c(F)c1. The second-order valence-corrected chi connectivity index (χ2v) is 5.29. The molecule has 1 N–H and O–H groups in total. The molecule has 1 aromatic rings. The van der Waals surface area contributed by atoms with Crippen molar-refractivity contribution in [2.45, 2.75) is 57.9 Å². The average molecular weight is 281 g/mol. The summed E-state index contributed by atoms with van der Waals surface area (Å²) in [4.78, 5) is 0. The summed E-state index contributed by atoms with van der Waals surface area (Å²) in [6, 6.07) is 5.45. The zero-order valence-electron chi connectivity index (χ0n) is 13.0. The second-order valence-electron chi connectivity index (χ2n) is 5.29. The first-order valence-corrected chi connectivity index (χ1v) is 7.73. The Morgan fingerprint density at radius 3 is 2.45 bits per heavy atom. The number of hydrogen-bond acceptors (Lipinski definition) is 2. The molecular formula is C17H28FNO. The molecule has 0 radical (unpaired) electrons. The maximum absolute atomic E-state index is 13.7. The first-order chi connectivity index (χ1) is 9.72. The lowest BCUT2D eigenvalue weighted by Crippen LogP contribution is -2.16. The Balaban J connectivity index is 2.43. The predicted molar refractivity (Wildman–Crippen MR) is 82.7 cm³/mol. The van der Waals surface area contributed by atoms with Crippen LogP contribution in [0.1, 0.15) is 63.5 Å². The van der Waals surface area contributed by atoms with Crippen LogP contribution in [0.4, 0.5) is 4.39 Å². The minimum Gasteiger partial charge on any atom is -0.494 e. The number of unbranched alkanes of at least 4 members (excludes halogenated alkanes) is 5. The highest BCUT2D eigenvalue weighted by molar-refractivity contribution is 5.31. The summed E-state index contributed by atoms with van der Waals surface area (Å²) in [5.74, 6) is 0.0244. The van der Waals surface area contributed by atoms with Crippen molar-refractivity contribution in [3.8, 4) is 5.75 Å². The average Bonchev–Trinajstić information content (AvgIpc) is 2.46. The molecule has 3 heteroatoms. The fourth-order valence-electron chi connectivity index (χ4n) is 2.51. The summed E-state index contributed by atoms with van der Waals surface area (Å²) in [7, 11) is 3.42. The van der Waals surface area contributed by atoms with Crippen LogP contribution in [-0.4, -0.2) is 14.2 Å². The molecule has 1 unspecified atom stereocenters. The number of hydrogen-bond donors (Lipinski definition) is 1. The van der Waals surface area contributed by atoms with E-state index in [1.807, 2.05) is 13.1 Å². The minimum absolute atomic E-state index is 0.224. The molecule has 0 aromatic heterocycles. The lowest BCUT2D eigenvalue weighted by molar-refractivity contribution is 0.385. The van der Waals surface area contributed by atoms with Crippen molar-refractivity contribution in [2.24, 2.45) is 0 Å². The molecule has 0 fully saturated rings. The van der Waals surface area contributed by atoms with Gasteiger partial charge in [0.25, 0.3) is 0 Å². The van der Waals surface area contributed by atoms with Crippen LogP contribution >= 0.6 is 0 Å². The number of nitrogens with one attached hydrogen (secondary N) is 1. The van der Waals surface area contributed by atoms with Gasteiger partial charge in [0.1, 0.15) is 0 Å². The Kier molecular flexibility index (Phi) is 8.28. The van der Waals surface area contributed by atoms with Gasteiger partial charge in [-0.3, -0.25) is 0 Å². The Labute approximate surface area is 122 Å². The Hall–Kier alpha value is -1.09. The van der Waals surface area contributed by atoms with Crippen LogP contribution in [0.3, 0.4) is 0 Å². The molecule has 20 heavy (non-hydrogen) atoms. The van der Waals surface area contributed by atoms with Crippen LogP contribution in [0.25, 0.3) is 0 Å². The zero-order valence-corrected chi connectivity index (χ0v) is 13.0. The summed E-state index contributed by atoms with van der Waals surface area (Å²) in [5.41, 5.74) is 0.999. The lowest BCUT2D eigenvalue weighted by Gasteiger charge is -2.17. The first kappa shape index (κ1) is 17.0. The van der Waals surface area contributed by atoms with Crippen molar-refractivity contribution in [1.82, 2.24) is 5.32 Å². The molecule has 0 bridgehead atoms. The summed E-state index contributed by atoms with van der Waals surface area (Å²) in [6.45, 7) is 2.23. The van der Waals surface area contributed by atoms with E-state index in [0.29, 0.717) is 5.75 Å². The van der Waals surface area contributed by atoms with Gasteiger partial charge in [0.15, 0.2) is 11.6 Å². The molecule has 114 valence electrons. The fraction of sp³-hybridized carbons (Fsp3) is 0.647. The fourth-order valence-corrected chi connectivity index (χ4v) is 2.51. The smallest absolute Gasteiger partial charge is 0.165 e. The van der Waals surface area contributed by atoms with Crippen LogP contribution in [0.15, 0.2) is 18.2 Å². The maximum atomic E-state index is 13.7. The van der Waals surface area contributed by atoms with E-state index >= 15 is 0 Å². The van der Waals surface area contributed by atoms with Crippen LogP contribution in [-0.2, 0) is 0 Å². The van der Waals surface area contributed by atoms with E-state index in [2.05, 4.69) is 12.2 Å². The second kappa shape index (κ2) is 9.76. The molecule has 1 atom stereocenters. The number of methoxy groups -OCH3 is 1. The summed E-state index contributed by atoms with van der Waals surface area (Å²) in [6.07, 6.45) is 8.75. The Bertz CT molecular complexity index is 381. The monoisotopic (exact) mass is 281 g/mol. The lowest BCUT2D eigenvalue weighted by atomic mass is 9.99. The van der Waals surface area contributed by atoms with Gasteiger partial charge in [-0.15, -0.1) is 0 Å². The van der Waals surface area contributed by atoms with Gasteiger partial charge >= 0.3 is 0 Å². The van der Waals surface area contributed by atoms with Crippen LogP contribution in [0.2, 0.25) is 0 Å². The molecule has 0 heterocycles. The van der Waals surface area contributed by atoms with Gasteiger partial charge in [0.2, 0.25) is 0 Å². The van der Waals surface area contributed by atoms with E-state index in [9.17, 15) is 4.39 Å². The van der Waals surface area contributed by atoms with Gasteiger partial charge in [0, 0.05) is 6.04 Å². The highest BCUT2D eigenvalue weighted by Crippen LogP contribution is 2.25. The van der Waals surface area contributed by atoms with E-state index in [4.69, 9.17) is 4.74 Å². The Morgan fingerprint density at radius 1 is 1.15 bits per heavy atom. The van der Waals surface area contributed by atoms with Crippen molar-refractivity contribution < 1.29 is 9.13 Å². The van der Waals surface area contributed by atoms with Crippen molar-refractivity contribution in [1.29, 1.82) is 0 Å². The number of benzene rings is 1. The number of halogens is 1.